The van der Waals surface area contributed by atoms with Crippen LogP contribution in [-0.2, 0) is 0 Å². The lowest BCUT2D eigenvalue weighted by molar-refractivity contribution is 0.718. The van der Waals surface area contributed by atoms with Crippen molar-refractivity contribution in [1.29, 1.82) is 0 Å². The van der Waals surface area contributed by atoms with Crippen LogP contribution in [0.5, 0.6) is 0 Å². The molecule has 0 fully saturated rings. The molecule has 62 heavy (non-hydrogen) atoms. The largest absolute Gasteiger partial charge is 0.310 e. The molecule has 4 aromatic heterocycles. The van der Waals surface area contributed by atoms with Gasteiger partial charge >= 0.3 is 0 Å². The minimum atomic E-state index is 0.462. The molecule has 0 spiro atoms. The van der Waals surface area contributed by atoms with Crippen molar-refractivity contribution in [3.63, 3.8) is 0 Å². The molecule has 2 unspecified atom stereocenters. The first-order valence-electron chi connectivity index (χ1n) is 22.2. The minimum Gasteiger partial charge on any atom is -0.310 e. The lowest BCUT2D eigenvalue weighted by Crippen LogP contribution is -2.20. The van der Waals surface area contributed by atoms with Crippen molar-refractivity contribution in [3.05, 3.63) is 192 Å². The molecule has 7 aromatic carbocycles. The predicted octanol–water partition coefficient (Wildman–Crippen LogP) is 16.0. The molecular formula is C58H46N4. The van der Waals surface area contributed by atoms with Gasteiger partial charge in [-0.15, -0.1) is 0 Å². The molecule has 2 aliphatic rings. The van der Waals surface area contributed by atoms with Crippen LogP contribution in [0.25, 0.3) is 76.2 Å². The van der Waals surface area contributed by atoms with Crippen molar-refractivity contribution >= 4 is 98.9 Å². The van der Waals surface area contributed by atoms with Crippen LogP contribution in [-0.4, -0.2) is 8.80 Å². The third kappa shape index (κ3) is 4.83. The summed E-state index contributed by atoms with van der Waals surface area (Å²) in [6.07, 6.45) is 11.9. The number of hydrogen-bond acceptors (Lipinski definition) is 2. The second-order valence-electron chi connectivity index (χ2n) is 17.9. The highest BCUT2D eigenvalue weighted by Crippen LogP contribution is 2.51. The Morgan fingerprint density at radius 2 is 0.823 bits per heavy atom. The van der Waals surface area contributed by atoms with E-state index in [2.05, 4.69) is 216 Å². The Bertz CT molecular complexity index is 3500. The highest BCUT2D eigenvalue weighted by molar-refractivity contribution is 6.32. The number of aromatic nitrogens is 2. The summed E-state index contributed by atoms with van der Waals surface area (Å²) in [6, 6.07) is 54.5. The number of anilines is 4. The van der Waals surface area contributed by atoms with E-state index in [0.717, 1.165) is 12.8 Å². The molecule has 4 heteroatoms. The summed E-state index contributed by atoms with van der Waals surface area (Å²) < 4.78 is 5.12. The minimum absolute atomic E-state index is 0.462. The van der Waals surface area contributed by atoms with Gasteiger partial charge < -0.3 is 18.6 Å². The van der Waals surface area contributed by atoms with Crippen LogP contribution in [0.2, 0.25) is 0 Å². The number of rotatable bonds is 6. The molecule has 2 aliphatic carbocycles. The molecule has 2 atom stereocenters. The molecular weight excluding hydrogens is 753 g/mol. The van der Waals surface area contributed by atoms with E-state index in [9.17, 15) is 0 Å². The molecule has 0 radical (unpaired) electrons. The van der Waals surface area contributed by atoms with Gasteiger partial charge in [0.25, 0.3) is 0 Å². The van der Waals surface area contributed by atoms with Gasteiger partial charge in [0.05, 0.1) is 44.5 Å². The van der Waals surface area contributed by atoms with Gasteiger partial charge in [-0.2, -0.15) is 0 Å². The van der Waals surface area contributed by atoms with E-state index < -0.39 is 0 Å². The maximum atomic E-state index is 2.56. The molecule has 0 saturated heterocycles. The summed E-state index contributed by atoms with van der Waals surface area (Å²) in [5.74, 6) is 0.924. The Morgan fingerprint density at radius 1 is 0.419 bits per heavy atom. The third-order valence-corrected chi connectivity index (χ3v) is 14.0. The lowest BCUT2D eigenvalue weighted by Gasteiger charge is -2.32. The van der Waals surface area contributed by atoms with Crippen molar-refractivity contribution in [3.8, 4) is 0 Å². The van der Waals surface area contributed by atoms with E-state index in [0.29, 0.717) is 11.8 Å². The number of benzene rings is 7. The number of hydrogen-bond donors (Lipinski definition) is 0. The molecule has 0 saturated carbocycles. The van der Waals surface area contributed by atoms with E-state index in [4.69, 9.17) is 0 Å². The normalized spacial score (nSPS) is 17.3. The second-order valence-corrected chi connectivity index (χ2v) is 17.9. The second kappa shape index (κ2) is 13.1. The summed E-state index contributed by atoms with van der Waals surface area (Å²) in [5.41, 5.74) is 17.5. The van der Waals surface area contributed by atoms with Gasteiger partial charge in [-0.25, -0.2) is 0 Å². The van der Waals surface area contributed by atoms with Crippen molar-refractivity contribution in [2.75, 3.05) is 9.80 Å². The third-order valence-electron chi connectivity index (χ3n) is 14.0. The maximum absolute atomic E-state index is 2.56. The van der Waals surface area contributed by atoms with E-state index in [1.54, 1.807) is 0 Å². The zero-order valence-corrected chi connectivity index (χ0v) is 35.5. The summed E-state index contributed by atoms with van der Waals surface area (Å²) in [4.78, 5) is 5.02. The van der Waals surface area contributed by atoms with Crippen LogP contribution in [0.3, 0.4) is 0 Å². The van der Waals surface area contributed by atoms with Crippen molar-refractivity contribution in [2.45, 2.75) is 40.5 Å². The van der Waals surface area contributed by atoms with Crippen molar-refractivity contribution in [1.82, 2.24) is 8.80 Å². The first kappa shape index (κ1) is 35.5. The summed E-state index contributed by atoms with van der Waals surface area (Å²) in [6.45, 7) is 9.19. The van der Waals surface area contributed by atoms with Crippen LogP contribution < -0.4 is 9.80 Å². The SMILES string of the molecule is CC1=CCC(C)C=C1N(c1ccccc1)c1ccc2c3cc4c(cc3n3c5ccccc5c1c23)c1ccc(N(C2=CC(C)CC=C2C)c2ccccc2)c2c3ccccc3n4c12. The Hall–Kier alpha value is -7.30. The zero-order chi connectivity index (χ0) is 41.4. The average molecular weight is 799 g/mol. The van der Waals surface area contributed by atoms with Gasteiger partial charge in [0.2, 0.25) is 0 Å². The standard InChI is InChI=1S/C58H46N4/c1-35-23-25-37(3)51(31-35)59(39-15-7-5-8-16-39)49-29-27-41-45-33-54-46(34-53(45)61-47-21-13-11-19-43(47)55(49)57(41)61)42-28-30-50(56-44-20-12-14-22-48(44)62(54)58(42)56)60(40-17-9-6-10-18-40)52-32-36(2)24-26-38(52)4/h5-22,25-36H,23-24H2,1-4H3. The number of para-hydroxylation sites is 4. The van der Waals surface area contributed by atoms with Gasteiger partial charge in [0, 0.05) is 65.9 Å². The Balaban J connectivity index is 1.12. The van der Waals surface area contributed by atoms with E-state index >= 15 is 0 Å². The van der Waals surface area contributed by atoms with Crippen molar-refractivity contribution in [2.24, 2.45) is 11.8 Å². The molecule has 0 N–H and O–H groups in total. The lowest BCUT2D eigenvalue weighted by atomic mass is 9.94. The molecule has 4 nitrogen and oxygen atoms in total. The summed E-state index contributed by atoms with van der Waals surface area (Å²) in [5, 5.41) is 10.3. The fourth-order valence-corrected chi connectivity index (χ4v) is 11.2. The monoisotopic (exact) mass is 798 g/mol. The molecule has 0 bridgehead atoms. The van der Waals surface area contributed by atoms with E-state index in [1.165, 1.54) is 121 Å². The zero-order valence-electron chi connectivity index (χ0n) is 35.5. The Kier molecular flexibility index (Phi) is 7.49. The molecule has 11 aromatic rings. The van der Waals surface area contributed by atoms with E-state index in [-0.39, 0.29) is 0 Å². The van der Waals surface area contributed by atoms with Crippen molar-refractivity contribution < 1.29 is 0 Å². The number of fused-ring (bicyclic) bond motifs is 12. The summed E-state index contributed by atoms with van der Waals surface area (Å²) in [7, 11) is 0. The summed E-state index contributed by atoms with van der Waals surface area (Å²) >= 11 is 0. The first-order valence-corrected chi connectivity index (χ1v) is 22.2. The Morgan fingerprint density at radius 3 is 1.26 bits per heavy atom. The fourth-order valence-electron chi connectivity index (χ4n) is 11.2. The molecule has 0 aliphatic heterocycles. The van der Waals surface area contributed by atoms with Gasteiger partial charge in [0.1, 0.15) is 0 Å². The molecule has 4 heterocycles. The van der Waals surface area contributed by atoms with Gasteiger partial charge in [-0.05, 0) is 110 Å². The molecule has 13 rings (SSSR count). The fraction of sp³-hybridized carbons (Fsp3) is 0.138. The average Bonchev–Trinajstić information content (AvgIpc) is 4.03. The van der Waals surface area contributed by atoms with Gasteiger partial charge in [0.15, 0.2) is 0 Å². The maximum Gasteiger partial charge on any atom is 0.0641 e. The van der Waals surface area contributed by atoms with Crippen LogP contribution in [0.15, 0.2) is 192 Å². The van der Waals surface area contributed by atoms with Crippen LogP contribution in [0.1, 0.15) is 40.5 Å². The van der Waals surface area contributed by atoms with Crippen LogP contribution in [0, 0.1) is 11.8 Å². The quantitative estimate of drug-likeness (QED) is 0.166. The first-order chi connectivity index (χ1) is 30.4. The smallest absolute Gasteiger partial charge is 0.0641 e. The predicted molar refractivity (Wildman–Crippen MR) is 264 cm³/mol. The van der Waals surface area contributed by atoms with Gasteiger partial charge in [-0.3, -0.25) is 0 Å². The number of allylic oxidation sites excluding steroid dienone is 6. The number of nitrogens with zero attached hydrogens (tertiary/aromatic N) is 4. The van der Waals surface area contributed by atoms with E-state index in [1.807, 2.05) is 0 Å². The highest BCUT2D eigenvalue weighted by Gasteiger charge is 2.30. The topological polar surface area (TPSA) is 15.3 Å². The van der Waals surface area contributed by atoms with Crippen LogP contribution >= 0.6 is 0 Å². The molecule has 298 valence electrons. The molecule has 0 amide bonds. The Labute approximate surface area is 360 Å². The van der Waals surface area contributed by atoms with Crippen LogP contribution in [0.4, 0.5) is 22.7 Å². The highest BCUT2D eigenvalue weighted by atomic mass is 15.2. The van der Waals surface area contributed by atoms with Gasteiger partial charge in [-0.1, -0.05) is 123 Å².